The number of hydrogen-bond donors (Lipinski definition) is 1. The van der Waals surface area contributed by atoms with Gasteiger partial charge in [-0.1, -0.05) is 6.07 Å². The maximum atomic E-state index is 11.0. The lowest BCUT2D eigenvalue weighted by atomic mass is 10.2. The van der Waals surface area contributed by atoms with Crippen LogP contribution in [0.1, 0.15) is 5.56 Å². The number of aromatic nitrogens is 1. The van der Waals surface area contributed by atoms with Crippen molar-refractivity contribution in [1.29, 1.82) is 0 Å². The molecule has 1 amide bonds. The Balaban J connectivity index is 2.38. The summed E-state index contributed by atoms with van der Waals surface area (Å²) in [4.78, 5) is 16.5. The normalized spacial score (nSPS) is 9.86. The molecule has 0 radical (unpaired) electrons. The van der Waals surface area contributed by atoms with Gasteiger partial charge < -0.3 is 10.0 Å². The van der Waals surface area contributed by atoms with Crippen molar-refractivity contribution in [2.24, 2.45) is 0 Å². The van der Waals surface area contributed by atoms with Gasteiger partial charge in [0.25, 0.3) is 0 Å². The summed E-state index contributed by atoms with van der Waals surface area (Å²) in [7, 11) is 1.68. The minimum Gasteiger partial charge on any atom is -0.387 e. The first-order valence-electron chi connectivity index (χ1n) is 4.47. The first kappa shape index (κ1) is 10.7. The molecule has 1 aromatic rings. The van der Waals surface area contributed by atoms with Gasteiger partial charge in [-0.25, -0.2) is 0 Å². The van der Waals surface area contributed by atoms with Crippen LogP contribution >= 0.6 is 0 Å². The number of amides is 1. The number of carbonyl (C=O) groups excluding carboxylic acids is 1. The topological polar surface area (TPSA) is 53.4 Å². The summed E-state index contributed by atoms with van der Waals surface area (Å²) in [6.07, 6.45) is 4.25. The molecule has 14 heavy (non-hydrogen) atoms. The van der Waals surface area contributed by atoms with E-state index in [2.05, 4.69) is 4.98 Å². The standard InChI is InChI=1S/C10H14N2O2/c1-12(10(14)8-13)6-4-9-3-2-5-11-7-9/h2-3,5,7,13H,4,6,8H2,1H3. The van der Waals surface area contributed by atoms with Crippen molar-refractivity contribution in [3.05, 3.63) is 30.1 Å². The van der Waals surface area contributed by atoms with Crippen LogP contribution in [0.4, 0.5) is 0 Å². The minimum atomic E-state index is -0.427. The van der Waals surface area contributed by atoms with Crippen LogP contribution in [0.2, 0.25) is 0 Å². The minimum absolute atomic E-state index is 0.256. The highest BCUT2D eigenvalue weighted by Gasteiger charge is 2.05. The Bertz CT molecular complexity index is 287. The van der Waals surface area contributed by atoms with Crippen LogP contribution in [0, 0.1) is 0 Å². The highest BCUT2D eigenvalue weighted by atomic mass is 16.3. The van der Waals surface area contributed by atoms with Gasteiger partial charge in [-0.2, -0.15) is 0 Å². The second kappa shape index (κ2) is 5.34. The summed E-state index contributed by atoms with van der Waals surface area (Å²) in [6.45, 7) is 0.175. The van der Waals surface area contributed by atoms with E-state index in [0.29, 0.717) is 6.54 Å². The van der Waals surface area contributed by atoms with E-state index in [0.717, 1.165) is 12.0 Å². The molecule has 0 unspecified atom stereocenters. The third-order valence-corrected chi connectivity index (χ3v) is 2.02. The van der Waals surface area contributed by atoms with E-state index in [1.165, 1.54) is 4.90 Å². The number of hydrogen-bond acceptors (Lipinski definition) is 3. The van der Waals surface area contributed by atoms with Gasteiger partial charge >= 0.3 is 0 Å². The maximum absolute atomic E-state index is 11.0. The van der Waals surface area contributed by atoms with Gasteiger partial charge in [0.2, 0.25) is 5.91 Å². The Kier molecular flexibility index (Phi) is 4.07. The molecule has 76 valence electrons. The Morgan fingerprint density at radius 3 is 3.00 bits per heavy atom. The Labute approximate surface area is 83.2 Å². The largest absolute Gasteiger partial charge is 0.387 e. The third kappa shape index (κ3) is 3.14. The molecule has 0 bridgehead atoms. The highest BCUT2D eigenvalue weighted by molar-refractivity contribution is 5.76. The lowest BCUT2D eigenvalue weighted by molar-refractivity contribution is -0.132. The molecule has 0 aromatic carbocycles. The average molecular weight is 194 g/mol. The smallest absolute Gasteiger partial charge is 0.248 e. The summed E-state index contributed by atoms with van der Waals surface area (Å²) in [5.74, 6) is -0.256. The van der Waals surface area contributed by atoms with Crippen molar-refractivity contribution in [3.63, 3.8) is 0 Å². The molecule has 0 fully saturated rings. The van der Waals surface area contributed by atoms with Gasteiger partial charge in [0.1, 0.15) is 6.61 Å². The molecule has 0 aliphatic heterocycles. The summed E-state index contributed by atoms with van der Waals surface area (Å²) in [5, 5.41) is 8.60. The Hall–Kier alpha value is -1.42. The monoisotopic (exact) mass is 194 g/mol. The fourth-order valence-corrected chi connectivity index (χ4v) is 1.09. The molecule has 0 aliphatic carbocycles. The zero-order valence-corrected chi connectivity index (χ0v) is 8.18. The summed E-state index contributed by atoms with van der Waals surface area (Å²) < 4.78 is 0. The van der Waals surface area contributed by atoms with Crippen LogP contribution in [0.5, 0.6) is 0 Å². The summed E-state index contributed by atoms with van der Waals surface area (Å²) in [6, 6.07) is 3.83. The molecule has 1 N–H and O–H groups in total. The van der Waals surface area contributed by atoms with E-state index in [-0.39, 0.29) is 5.91 Å². The maximum Gasteiger partial charge on any atom is 0.248 e. The zero-order chi connectivity index (χ0) is 10.4. The molecule has 1 heterocycles. The number of carbonyl (C=O) groups is 1. The number of nitrogens with zero attached hydrogens (tertiary/aromatic N) is 2. The van der Waals surface area contributed by atoms with E-state index < -0.39 is 6.61 Å². The quantitative estimate of drug-likeness (QED) is 0.738. The van der Waals surface area contributed by atoms with Crippen LogP contribution in [-0.2, 0) is 11.2 Å². The van der Waals surface area contributed by atoms with Crippen molar-refractivity contribution >= 4 is 5.91 Å². The van der Waals surface area contributed by atoms with Crippen LogP contribution < -0.4 is 0 Å². The molecular formula is C10H14N2O2. The van der Waals surface area contributed by atoms with Crippen LogP contribution in [-0.4, -0.2) is 41.1 Å². The van der Waals surface area contributed by atoms with E-state index in [1.807, 2.05) is 12.1 Å². The van der Waals surface area contributed by atoms with Gasteiger partial charge in [0.15, 0.2) is 0 Å². The van der Waals surface area contributed by atoms with Crippen LogP contribution in [0.25, 0.3) is 0 Å². The van der Waals surface area contributed by atoms with Gasteiger partial charge in [0, 0.05) is 26.0 Å². The fourth-order valence-electron chi connectivity index (χ4n) is 1.09. The van der Waals surface area contributed by atoms with Crippen molar-refractivity contribution < 1.29 is 9.90 Å². The molecular weight excluding hydrogens is 180 g/mol. The first-order chi connectivity index (χ1) is 6.74. The molecule has 1 rings (SSSR count). The van der Waals surface area contributed by atoms with E-state index >= 15 is 0 Å². The SMILES string of the molecule is CN(CCc1cccnc1)C(=O)CO. The number of rotatable bonds is 4. The number of pyridine rings is 1. The van der Waals surface area contributed by atoms with E-state index in [4.69, 9.17) is 5.11 Å². The molecule has 4 heteroatoms. The molecule has 0 saturated carbocycles. The molecule has 4 nitrogen and oxygen atoms in total. The number of aliphatic hydroxyl groups is 1. The van der Waals surface area contributed by atoms with Gasteiger partial charge in [0.05, 0.1) is 0 Å². The number of likely N-dealkylation sites (N-methyl/N-ethyl adjacent to an activating group) is 1. The van der Waals surface area contributed by atoms with E-state index in [1.54, 1.807) is 19.4 Å². The molecule has 0 saturated heterocycles. The Morgan fingerprint density at radius 2 is 2.43 bits per heavy atom. The van der Waals surface area contributed by atoms with Crippen molar-refractivity contribution in [1.82, 2.24) is 9.88 Å². The van der Waals surface area contributed by atoms with Crippen molar-refractivity contribution in [2.75, 3.05) is 20.2 Å². The molecule has 0 atom stereocenters. The van der Waals surface area contributed by atoms with Gasteiger partial charge in [-0.15, -0.1) is 0 Å². The van der Waals surface area contributed by atoms with Crippen molar-refractivity contribution in [2.45, 2.75) is 6.42 Å². The van der Waals surface area contributed by atoms with Crippen LogP contribution in [0.15, 0.2) is 24.5 Å². The molecule has 0 aliphatic rings. The van der Waals surface area contributed by atoms with E-state index in [9.17, 15) is 4.79 Å². The summed E-state index contributed by atoms with van der Waals surface area (Å²) in [5.41, 5.74) is 1.09. The lowest BCUT2D eigenvalue weighted by Gasteiger charge is -2.15. The molecule has 0 spiro atoms. The average Bonchev–Trinajstić information content (AvgIpc) is 2.26. The predicted octanol–water partition coefficient (Wildman–Crippen LogP) is 0.0748. The first-order valence-corrected chi connectivity index (χ1v) is 4.47. The second-order valence-corrected chi connectivity index (χ2v) is 3.08. The third-order valence-electron chi connectivity index (χ3n) is 2.02. The van der Waals surface area contributed by atoms with Crippen LogP contribution in [0.3, 0.4) is 0 Å². The van der Waals surface area contributed by atoms with Crippen molar-refractivity contribution in [3.8, 4) is 0 Å². The Morgan fingerprint density at radius 1 is 1.64 bits per heavy atom. The zero-order valence-electron chi connectivity index (χ0n) is 8.18. The van der Waals surface area contributed by atoms with Gasteiger partial charge in [-0.3, -0.25) is 9.78 Å². The molecule has 1 aromatic heterocycles. The predicted molar refractivity (Wildman–Crippen MR) is 52.7 cm³/mol. The fraction of sp³-hybridized carbons (Fsp3) is 0.400. The number of aliphatic hydroxyl groups excluding tert-OH is 1. The van der Waals surface area contributed by atoms with Gasteiger partial charge in [-0.05, 0) is 18.1 Å². The summed E-state index contributed by atoms with van der Waals surface area (Å²) >= 11 is 0. The second-order valence-electron chi connectivity index (χ2n) is 3.08. The lowest BCUT2D eigenvalue weighted by Crippen LogP contribution is -2.31. The highest BCUT2D eigenvalue weighted by Crippen LogP contribution is 1.98.